The Morgan fingerprint density at radius 2 is 1.31 bits per heavy atom. The van der Waals surface area contributed by atoms with Crippen molar-refractivity contribution in [3.05, 3.63) is 0 Å². The zero-order valence-corrected chi connectivity index (χ0v) is 10.0. The highest BCUT2D eigenvalue weighted by Gasteiger charge is 2.47. The Kier molecular flexibility index (Phi) is 2.44. The first kappa shape index (κ1) is 11.0. The minimum Gasteiger partial charge on any atom is -0.335 e. The molecule has 0 saturated carbocycles. The average molecular weight is 226 g/mol. The van der Waals surface area contributed by atoms with Gasteiger partial charge in [-0.1, -0.05) is 0 Å². The van der Waals surface area contributed by atoms with Gasteiger partial charge in [-0.3, -0.25) is 0 Å². The number of nitrogens with one attached hydrogen (secondary N) is 2. The first-order valence-electron chi connectivity index (χ1n) is 5.50. The molecule has 2 unspecified atom stereocenters. The Labute approximate surface area is 95.0 Å². The molecule has 90 valence electrons. The molecule has 2 N–H and O–H groups in total. The van der Waals surface area contributed by atoms with E-state index in [1.165, 1.54) is 0 Å². The van der Waals surface area contributed by atoms with Gasteiger partial charge >= 0.3 is 12.1 Å². The lowest BCUT2D eigenvalue weighted by atomic mass is 9.86. The maximum Gasteiger partial charge on any atom is 0.319 e. The highest BCUT2D eigenvalue weighted by Crippen LogP contribution is 2.28. The van der Waals surface area contributed by atoms with Gasteiger partial charge in [0.25, 0.3) is 0 Å². The van der Waals surface area contributed by atoms with Crippen molar-refractivity contribution in [1.82, 2.24) is 20.4 Å². The van der Waals surface area contributed by atoms with E-state index in [1.807, 2.05) is 13.8 Å². The third-order valence-corrected chi connectivity index (χ3v) is 3.64. The number of carbonyl (C=O) groups excluding carboxylic acids is 2. The van der Waals surface area contributed by atoms with E-state index in [2.05, 4.69) is 10.6 Å². The van der Waals surface area contributed by atoms with Gasteiger partial charge in [-0.15, -0.1) is 0 Å². The second-order valence-electron chi connectivity index (χ2n) is 4.69. The minimum absolute atomic E-state index is 0.0618. The first-order valence-corrected chi connectivity index (χ1v) is 5.50. The van der Waals surface area contributed by atoms with Gasteiger partial charge < -0.3 is 20.4 Å². The third kappa shape index (κ3) is 1.40. The zero-order chi connectivity index (χ0) is 12.0. The van der Waals surface area contributed by atoms with Crippen LogP contribution >= 0.6 is 0 Å². The Morgan fingerprint density at radius 1 is 0.938 bits per heavy atom. The topological polar surface area (TPSA) is 64.7 Å². The second-order valence-corrected chi connectivity index (χ2v) is 4.69. The van der Waals surface area contributed by atoms with Crippen LogP contribution in [0.1, 0.15) is 13.8 Å². The molecule has 0 spiro atoms. The van der Waals surface area contributed by atoms with Crippen LogP contribution in [0.15, 0.2) is 0 Å². The number of urea groups is 2. The summed E-state index contributed by atoms with van der Waals surface area (Å²) in [6.45, 7) is 3.95. The number of fused-ring (bicyclic) bond motifs is 1. The summed E-state index contributed by atoms with van der Waals surface area (Å²) in [7, 11) is 3.45. The van der Waals surface area contributed by atoms with Gasteiger partial charge in [-0.05, 0) is 13.8 Å². The summed E-state index contributed by atoms with van der Waals surface area (Å²) >= 11 is 0. The molecule has 0 aromatic carbocycles. The summed E-state index contributed by atoms with van der Waals surface area (Å²) in [5.74, 6) is 0.199. The maximum atomic E-state index is 11.7. The maximum absolute atomic E-state index is 11.7. The van der Waals surface area contributed by atoms with Crippen LogP contribution in [0.4, 0.5) is 9.59 Å². The molecule has 4 amide bonds. The summed E-state index contributed by atoms with van der Waals surface area (Å²) in [4.78, 5) is 26.5. The smallest absolute Gasteiger partial charge is 0.319 e. The third-order valence-electron chi connectivity index (χ3n) is 3.64. The quantitative estimate of drug-likeness (QED) is 0.611. The summed E-state index contributed by atoms with van der Waals surface area (Å²) in [6, 6.07) is -0.122. The highest BCUT2D eigenvalue weighted by molar-refractivity contribution is 5.80. The predicted molar refractivity (Wildman–Crippen MR) is 58.8 cm³/mol. The van der Waals surface area contributed by atoms with E-state index in [1.54, 1.807) is 23.9 Å². The number of nitrogens with zero attached hydrogens (tertiary/aromatic N) is 2. The minimum atomic E-state index is -0.160. The Bertz CT molecular complexity index is 303. The van der Waals surface area contributed by atoms with Crippen LogP contribution in [0.3, 0.4) is 0 Å². The van der Waals surface area contributed by atoms with Crippen molar-refractivity contribution in [2.45, 2.75) is 32.1 Å². The van der Waals surface area contributed by atoms with Crippen LogP contribution in [0, 0.1) is 5.92 Å². The normalized spacial score (nSPS) is 39.0. The van der Waals surface area contributed by atoms with Crippen molar-refractivity contribution in [1.29, 1.82) is 0 Å². The Hall–Kier alpha value is -1.46. The molecule has 2 atom stereocenters. The molecule has 2 heterocycles. The van der Waals surface area contributed by atoms with E-state index in [4.69, 9.17) is 0 Å². The fourth-order valence-electron chi connectivity index (χ4n) is 2.75. The van der Waals surface area contributed by atoms with Gasteiger partial charge in [-0.25, -0.2) is 9.59 Å². The largest absolute Gasteiger partial charge is 0.335 e. The van der Waals surface area contributed by atoms with E-state index < -0.39 is 0 Å². The van der Waals surface area contributed by atoms with Gasteiger partial charge in [0, 0.05) is 32.1 Å². The van der Waals surface area contributed by atoms with Crippen molar-refractivity contribution in [2.75, 3.05) is 14.1 Å². The van der Waals surface area contributed by atoms with Gasteiger partial charge in [0.15, 0.2) is 0 Å². The lowest BCUT2D eigenvalue weighted by molar-refractivity contribution is 0.00597. The molecule has 2 fully saturated rings. The molecule has 0 radical (unpaired) electrons. The summed E-state index contributed by atoms with van der Waals surface area (Å²) in [5.41, 5.74) is 0. The van der Waals surface area contributed by atoms with Crippen molar-refractivity contribution in [3.63, 3.8) is 0 Å². The summed E-state index contributed by atoms with van der Waals surface area (Å²) < 4.78 is 0. The van der Waals surface area contributed by atoms with Crippen molar-refractivity contribution < 1.29 is 9.59 Å². The van der Waals surface area contributed by atoms with E-state index >= 15 is 0 Å². The molecular formula is C10H18N4O2. The van der Waals surface area contributed by atoms with Crippen molar-refractivity contribution in [3.8, 4) is 0 Å². The molecule has 0 aromatic rings. The molecule has 2 rings (SSSR count). The first-order chi connectivity index (χ1) is 7.43. The van der Waals surface area contributed by atoms with E-state index in [0.29, 0.717) is 0 Å². The van der Waals surface area contributed by atoms with Crippen LogP contribution < -0.4 is 10.6 Å². The predicted octanol–water partition coefficient (Wildman–Crippen LogP) is 0.0157. The monoisotopic (exact) mass is 226 g/mol. The molecule has 2 aliphatic rings. The zero-order valence-electron chi connectivity index (χ0n) is 10.0. The molecular weight excluding hydrogens is 208 g/mol. The van der Waals surface area contributed by atoms with E-state index in [-0.39, 0.29) is 36.2 Å². The fourth-order valence-corrected chi connectivity index (χ4v) is 2.75. The SMILES string of the molecule is CC1NC(=O)N(C)C2C1C(C)NC(=O)N2C. The lowest BCUT2D eigenvalue weighted by Gasteiger charge is -2.52. The van der Waals surface area contributed by atoms with Gasteiger partial charge in [0.05, 0.1) is 0 Å². The Morgan fingerprint density at radius 3 is 1.69 bits per heavy atom. The molecule has 0 aromatic heterocycles. The molecule has 6 heteroatoms. The van der Waals surface area contributed by atoms with Crippen molar-refractivity contribution in [2.24, 2.45) is 5.92 Å². The van der Waals surface area contributed by atoms with Crippen LogP contribution in [0.5, 0.6) is 0 Å². The van der Waals surface area contributed by atoms with Gasteiger partial charge in [0.1, 0.15) is 6.17 Å². The molecule has 0 bridgehead atoms. The molecule has 0 aliphatic carbocycles. The summed E-state index contributed by atoms with van der Waals surface area (Å²) in [6.07, 6.45) is -0.160. The van der Waals surface area contributed by atoms with E-state index in [0.717, 1.165) is 0 Å². The van der Waals surface area contributed by atoms with Crippen molar-refractivity contribution >= 4 is 12.1 Å². The Balaban J connectivity index is 2.34. The van der Waals surface area contributed by atoms with Gasteiger partial charge in [0.2, 0.25) is 0 Å². The molecule has 2 aliphatic heterocycles. The highest BCUT2D eigenvalue weighted by atomic mass is 16.2. The number of amides is 4. The molecule has 16 heavy (non-hydrogen) atoms. The van der Waals surface area contributed by atoms with Crippen LogP contribution in [0.25, 0.3) is 0 Å². The number of carbonyl (C=O) groups is 2. The lowest BCUT2D eigenvalue weighted by Crippen LogP contribution is -2.73. The molecule has 6 nitrogen and oxygen atoms in total. The van der Waals surface area contributed by atoms with Crippen LogP contribution in [-0.2, 0) is 0 Å². The second kappa shape index (κ2) is 3.54. The molecule has 2 saturated heterocycles. The van der Waals surface area contributed by atoms with Crippen LogP contribution in [0.2, 0.25) is 0 Å². The van der Waals surface area contributed by atoms with Gasteiger partial charge in [-0.2, -0.15) is 0 Å². The standard InChI is InChI=1S/C10H18N4O2/c1-5-7-6(2)12-10(16)14(4)8(7)13(3)9(15)11-5/h5-8H,1-4H3,(H,11,15)(H,12,16). The average Bonchev–Trinajstić information content (AvgIpc) is 2.20. The number of hydrogen-bond acceptors (Lipinski definition) is 2. The number of rotatable bonds is 0. The van der Waals surface area contributed by atoms with Crippen LogP contribution in [-0.4, -0.2) is 54.2 Å². The number of hydrogen-bond donors (Lipinski definition) is 2. The summed E-state index contributed by atoms with van der Waals surface area (Å²) in [5, 5.41) is 5.81. The van der Waals surface area contributed by atoms with E-state index in [9.17, 15) is 9.59 Å². The fraction of sp³-hybridized carbons (Fsp3) is 0.800.